The Bertz CT molecular complexity index is 627. The number of halogens is 4. The van der Waals surface area contributed by atoms with E-state index in [-0.39, 0.29) is 11.9 Å². The molecule has 3 rings (SSSR count). The molecule has 1 fully saturated rings. The maximum atomic E-state index is 12.9. The van der Waals surface area contributed by atoms with Crippen LogP contribution in [-0.4, -0.2) is 42.8 Å². The quantitative estimate of drug-likeness (QED) is 0.825. The normalized spacial score (nSPS) is 15.5. The Hall–Kier alpha value is -2.26. The number of piperazine rings is 1. The van der Waals surface area contributed by atoms with Gasteiger partial charge in [-0.25, -0.2) is 14.4 Å². The summed E-state index contributed by atoms with van der Waals surface area (Å²) in [5.74, 6) is 0.461. The Kier molecular flexibility index (Phi) is 7.08. The third-order valence-corrected chi connectivity index (χ3v) is 3.65. The molecule has 25 heavy (non-hydrogen) atoms. The molecule has 1 aromatic carbocycles. The first-order chi connectivity index (χ1) is 12.0. The highest BCUT2D eigenvalue weighted by molar-refractivity contribution is 5.34. The Morgan fingerprint density at radius 2 is 1.48 bits per heavy atom. The van der Waals surface area contributed by atoms with Crippen LogP contribution in [0.25, 0.3) is 0 Å². The van der Waals surface area contributed by atoms with Crippen molar-refractivity contribution in [2.45, 2.75) is 12.7 Å². The van der Waals surface area contributed by atoms with E-state index in [2.05, 4.69) is 20.2 Å². The summed E-state index contributed by atoms with van der Waals surface area (Å²) in [6.07, 6.45) is 3.50. The lowest BCUT2D eigenvalue weighted by Crippen LogP contribution is -2.44. The van der Waals surface area contributed by atoms with Crippen molar-refractivity contribution in [3.63, 3.8) is 0 Å². The molecule has 2 aromatic rings. The summed E-state index contributed by atoms with van der Waals surface area (Å²) in [7, 11) is 0. The van der Waals surface area contributed by atoms with Crippen molar-refractivity contribution in [3.8, 4) is 0 Å². The Labute approximate surface area is 142 Å². The molecule has 1 unspecified atom stereocenters. The zero-order valence-corrected chi connectivity index (χ0v) is 13.4. The van der Waals surface area contributed by atoms with Crippen LogP contribution in [0, 0.1) is 5.82 Å². The maximum absolute atomic E-state index is 12.9. The predicted octanol–water partition coefficient (Wildman–Crippen LogP) is 2.25. The number of nitrogens with two attached hydrogens (primary N) is 1. The largest absolute Gasteiger partial charge is 0.379 e. The van der Waals surface area contributed by atoms with E-state index in [9.17, 15) is 17.6 Å². The first kappa shape index (κ1) is 19.1. The standard InChI is InChI=1S/C15H18FN5.CHF3/c16-13-3-1-11(2-4-13)14(17)12-9-19-15(20-10-12)21-7-5-18-6-8-21;2-1(3)4/h1-4,9-10,14,18H,5-8,17H2;1H. The van der Waals surface area contributed by atoms with Gasteiger partial charge in [0, 0.05) is 44.1 Å². The van der Waals surface area contributed by atoms with Crippen LogP contribution in [0.2, 0.25) is 0 Å². The molecule has 1 saturated heterocycles. The molecule has 0 bridgehead atoms. The molecule has 136 valence electrons. The molecule has 0 radical (unpaired) electrons. The van der Waals surface area contributed by atoms with E-state index in [0.29, 0.717) is 0 Å². The van der Waals surface area contributed by atoms with Crippen molar-refractivity contribution in [3.05, 3.63) is 53.6 Å². The number of hydrogen-bond donors (Lipinski definition) is 2. The fourth-order valence-corrected chi connectivity index (χ4v) is 2.38. The van der Waals surface area contributed by atoms with Gasteiger partial charge in [0.15, 0.2) is 0 Å². The van der Waals surface area contributed by atoms with Crippen molar-refractivity contribution in [1.82, 2.24) is 15.3 Å². The fraction of sp³-hybridized carbons (Fsp3) is 0.375. The summed E-state index contributed by atoms with van der Waals surface area (Å²) < 4.78 is 41.9. The van der Waals surface area contributed by atoms with Gasteiger partial charge >= 0.3 is 6.68 Å². The zero-order chi connectivity index (χ0) is 18.2. The minimum absolute atomic E-state index is 0.267. The van der Waals surface area contributed by atoms with Gasteiger partial charge in [-0.05, 0) is 17.7 Å². The molecule has 5 nitrogen and oxygen atoms in total. The second kappa shape index (κ2) is 9.28. The van der Waals surface area contributed by atoms with Crippen molar-refractivity contribution in [2.75, 3.05) is 31.1 Å². The number of anilines is 1. The van der Waals surface area contributed by atoms with Crippen LogP contribution in [0.15, 0.2) is 36.7 Å². The molecule has 1 atom stereocenters. The highest BCUT2D eigenvalue weighted by Crippen LogP contribution is 2.19. The molecule has 9 heteroatoms. The Balaban J connectivity index is 0.000000511. The average Bonchev–Trinajstić information content (AvgIpc) is 2.62. The predicted molar refractivity (Wildman–Crippen MR) is 86.7 cm³/mol. The van der Waals surface area contributed by atoms with Crippen molar-refractivity contribution in [2.24, 2.45) is 5.73 Å². The Morgan fingerprint density at radius 3 is 2.00 bits per heavy atom. The van der Waals surface area contributed by atoms with Gasteiger partial charge in [-0.15, -0.1) is 0 Å². The van der Waals surface area contributed by atoms with Gasteiger partial charge in [0.2, 0.25) is 5.95 Å². The van der Waals surface area contributed by atoms with Gasteiger partial charge in [0.1, 0.15) is 5.82 Å². The summed E-state index contributed by atoms with van der Waals surface area (Å²) in [5, 5.41) is 3.29. The monoisotopic (exact) mass is 357 g/mol. The summed E-state index contributed by atoms with van der Waals surface area (Å²) in [6.45, 7) is 0.0349. The summed E-state index contributed by atoms with van der Waals surface area (Å²) in [6, 6.07) is 5.84. The van der Waals surface area contributed by atoms with Gasteiger partial charge in [-0.2, -0.15) is 13.2 Å². The molecule has 1 aromatic heterocycles. The van der Waals surface area contributed by atoms with E-state index < -0.39 is 6.68 Å². The fourth-order valence-electron chi connectivity index (χ4n) is 2.38. The molecule has 0 amide bonds. The number of nitrogens with one attached hydrogen (secondary N) is 1. The van der Waals surface area contributed by atoms with Gasteiger partial charge in [-0.1, -0.05) is 12.1 Å². The van der Waals surface area contributed by atoms with Crippen LogP contribution >= 0.6 is 0 Å². The second-order valence-corrected chi connectivity index (χ2v) is 5.33. The van der Waals surface area contributed by atoms with Crippen LogP contribution in [-0.2, 0) is 0 Å². The van der Waals surface area contributed by atoms with Gasteiger partial charge in [-0.3, -0.25) is 0 Å². The molecule has 1 aliphatic rings. The number of alkyl halides is 3. The van der Waals surface area contributed by atoms with Gasteiger partial charge < -0.3 is 16.0 Å². The van der Waals surface area contributed by atoms with E-state index in [1.165, 1.54) is 12.1 Å². The lowest BCUT2D eigenvalue weighted by molar-refractivity contribution is 0.00819. The minimum Gasteiger partial charge on any atom is -0.338 e. The van der Waals surface area contributed by atoms with E-state index >= 15 is 0 Å². The van der Waals surface area contributed by atoms with Crippen molar-refractivity contribution in [1.29, 1.82) is 0 Å². The number of hydrogen-bond acceptors (Lipinski definition) is 5. The number of nitrogens with zero attached hydrogens (tertiary/aromatic N) is 3. The number of aromatic nitrogens is 2. The van der Waals surface area contributed by atoms with E-state index in [0.717, 1.165) is 43.3 Å². The SMILES string of the molecule is FC(F)F.NC(c1ccc(F)cc1)c1cnc(N2CCNCC2)nc1. The number of rotatable bonds is 3. The smallest absolute Gasteiger partial charge is 0.338 e. The molecule has 0 saturated carbocycles. The van der Waals surface area contributed by atoms with Crippen LogP contribution in [0.3, 0.4) is 0 Å². The first-order valence-corrected chi connectivity index (χ1v) is 7.68. The van der Waals surface area contributed by atoms with Crippen molar-refractivity contribution < 1.29 is 17.6 Å². The average molecular weight is 357 g/mol. The van der Waals surface area contributed by atoms with Crippen LogP contribution in [0.5, 0.6) is 0 Å². The van der Waals surface area contributed by atoms with E-state index in [1.54, 1.807) is 24.5 Å². The minimum atomic E-state index is -3.67. The highest BCUT2D eigenvalue weighted by atomic mass is 19.4. The third kappa shape index (κ3) is 5.95. The first-order valence-electron chi connectivity index (χ1n) is 7.68. The topological polar surface area (TPSA) is 67.1 Å². The summed E-state index contributed by atoms with van der Waals surface area (Å²) in [5.41, 5.74) is 7.83. The lowest BCUT2D eigenvalue weighted by Gasteiger charge is -2.27. The molecule has 1 aliphatic heterocycles. The third-order valence-electron chi connectivity index (χ3n) is 3.65. The molecular formula is C16H19F4N5. The summed E-state index contributed by atoms with van der Waals surface area (Å²) >= 11 is 0. The van der Waals surface area contributed by atoms with E-state index in [4.69, 9.17) is 5.73 Å². The van der Waals surface area contributed by atoms with Gasteiger partial charge in [0.25, 0.3) is 0 Å². The second-order valence-electron chi connectivity index (χ2n) is 5.33. The van der Waals surface area contributed by atoms with Crippen molar-refractivity contribution >= 4 is 5.95 Å². The molecular weight excluding hydrogens is 338 g/mol. The zero-order valence-electron chi connectivity index (χ0n) is 13.4. The Morgan fingerprint density at radius 1 is 0.960 bits per heavy atom. The van der Waals surface area contributed by atoms with Crippen LogP contribution in [0.4, 0.5) is 23.5 Å². The molecule has 3 N–H and O–H groups in total. The number of benzene rings is 1. The molecule has 2 heterocycles. The van der Waals surface area contributed by atoms with Crippen LogP contribution in [0.1, 0.15) is 17.2 Å². The summed E-state index contributed by atoms with van der Waals surface area (Å²) in [4.78, 5) is 10.9. The van der Waals surface area contributed by atoms with E-state index in [1.807, 2.05) is 0 Å². The lowest BCUT2D eigenvalue weighted by atomic mass is 10.0. The molecule has 0 spiro atoms. The highest BCUT2D eigenvalue weighted by Gasteiger charge is 2.14. The molecule has 0 aliphatic carbocycles. The maximum Gasteiger partial charge on any atom is 0.379 e. The van der Waals surface area contributed by atoms with Gasteiger partial charge in [0.05, 0.1) is 6.04 Å². The van der Waals surface area contributed by atoms with Crippen LogP contribution < -0.4 is 16.0 Å².